The number of primary amides is 1. The first-order valence-electron chi connectivity index (χ1n) is 6.97. The molecule has 0 aliphatic carbocycles. The largest absolute Gasteiger partial charge is 0.369 e. The minimum absolute atomic E-state index is 0.182. The Morgan fingerprint density at radius 1 is 1.42 bits per heavy atom. The molecular weight excluding hydrogens is 236 g/mol. The molecule has 3 nitrogen and oxygen atoms in total. The number of rotatable bonds is 3. The van der Waals surface area contributed by atoms with Crippen LogP contribution < -0.4 is 5.73 Å². The maximum atomic E-state index is 11.0. The van der Waals surface area contributed by atoms with E-state index in [1.807, 2.05) is 0 Å². The highest BCUT2D eigenvalue weighted by molar-refractivity contribution is 5.75. The lowest BCUT2D eigenvalue weighted by atomic mass is 9.84. The van der Waals surface area contributed by atoms with Gasteiger partial charge < -0.3 is 5.73 Å². The van der Waals surface area contributed by atoms with Gasteiger partial charge in [-0.3, -0.25) is 9.69 Å². The van der Waals surface area contributed by atoms with Crippen molar-refractivity contribution in [2.24, 2.45) is 5.73 Å². The second-order valence-corrected chi connectivity index (χ2v) is 6.56. The predicted octanol–water partition coefficient (Wildman–Crippen LogP) is 2.26. The Bertz CT molecular complexity index is 462. The Balaban J connectivity index is 2.09. The maximum Gasteiger partial charge on any atom is 0.231 e. The van der Waals surface area contributed by atoms with E-state index in [1.165, 1.54) is 11.1 Å². The van der Waals surface area contributed by atoms with Gasteiger partial charge in [-0.25, -0.2) is 0 Å². The molecule has 19 heavy (non-hydrogen) atoms. The maximum absolute atomic E-state index is 11.0. The first-order valence-corrected chi connectivity index (χ1v) is 6.97. The molecule has 1 atom stereocenters. The Morgan fingerprint density at radius 3 is 2.79 bits per heavy atom. The first-order chi connectivity index (χ1) is 8.86. The number of hydrogen-bond acceptors (Lipinski definition) is 2. The quantitative estimate of drug-likeness (QED) is 0.906. The van der Waals surface area contributed by atoms with E-state index in [1.54, 1.807) is 0 Å². The van der Waals surface area contributed by atoms with Crippen LogP contribution in [0.1, 0.15) is 44.2 Å². The Labute approximate surface area is 115 Å². The third-order valence-electron chi connectivity index (χ3n) is 3.88. The normalized spacial score (nSPS) is 20.7. The summed E-state index contributed by atoms with van der Waals surface area (Å²) in [6.07, 6.45) is 1.11. The van der Waals surface area contributed by atoms with Crippen molar-refractivity contribution in [2.45, 2.75) is 38.5 Å². The van der Waals surface area contributed by atoms with Crippen molar-refractivity contribution in [3.8, 4) is 0 Å². The van der Waals surface area contributed by atoms with Crippen LogP contribution in [0, 0.1) is 0 Å². The van der Waals surface area contributed by atoms with Crippen molar-refractivity contribution in [1.29, 1.82) is 0 Å². The van der Waals surface area contributed by atoms with E-state index in [9.17, 15) is 4.79 Å². The van der Waals surface area contributed by atoms with E-state index < -0.39 is 0 Å². The summed E-state index contributed by atoms with van der Waals surface area (Å²) in [5.74, 6) is 0.297. The fourth-order valence-corrected chi connectivity index (χ4v) is 2.73. The standard InChI is InChI=1S/C16H24N2O/c1-16(2,3)14-6-4-5-12(9-14)13-7-8-18(10-13)11-15(17)19/h4-6,9,13H,7-8,10-11H2,1-3H3,(H2,17,19). The van der Waals surface area contributed by atoms with Crippen LogP contribution in [0.25, 0.3) is 0 Å². The van der Waals surface area contributed by atoms with Gasteiger partial charge in [-0.15, -0.1) is 0 Å². The summed E-state index contributed by atoms with van der Waals surface area (Å²) in [6, 6.07) is 8.86. The molecule has 0 aromatic heterocycles. The van der Waals surface area contributed by atoms with Gasteiger partial charge in [0, 0.05) is 6.54 Å². The number of nitrogens with zero attached hydrogens (tertiary/aromatic N) is 1. The van der Waals surface area contributed by atoms with E-state index in [0.717, 1.165) is 19.5 Å². The molecule has 104 valence electrons. The summed E-state index contributed by atoms with van der Waals surface area (Å²) in [4.78, 5) is 13.1. The molecule has 1 aliphatic rings. The average molecular weight is 260 g/mol. The highest BCUT2D eigenvalue weighted by Gasteiger charge is 2.25. The summed E-state index contributed by atoms with van der Waals surface area (Å²) in [7, 11) is 0. The molecule has 1 fully saturated rings. The van der Waals surface area contributed by atoms with Crippen molar-refractivity contribution < 1.29 is 4.79 Å². The fourth-order valence-electron chi connectivity index (χ4n) is 2.73. The monoisotopic (exact) mass is 260 g/mol. The van der Waals surface area contributed by atoms with E-state index in [2.05, 4.69) is 49.9 Å². The lowest BCUT2D eigenvalue weighted by Gasteiger charge is -2.21. The van der Waals surface area contributed by atoms with Gasteiger partial charge >= 0.3 is 0 Å². The smallest absolute Gasteiger partial charge is 0.231 e. The molecule has 3 heteroatoms. The number of hydrogen-bond donors (Lipinski definition) is 1. The highest BCUT2D eigenvalue weighted by Crippen LogP contribution is 2.30. The average Bonchev–Trinajstić information content (AvgIpc) is 2.76. The van der Waals surface area contributed by atoms with Gasteiger partial charge in [-0.2, -0.15) is 0 Å². The van der Waals surface area contributed by atoms with Gasteiger partial charge in [0.05, 0.1) is 6.54 Å². The van der Waals surface area contributed by atoms with Crippen molar-refractivity contribution in [3.63, 3.8) is 0 Å². The van der Waals surface area contributed by atoms with E-state index >= 15 is 0 Å². The minimum atomic E-state index is -0.232. The van der Waals surface area contributed by atoms with Crippen molar-refractivity contribution in [1.82, 2.24) is 4.90 Å². The van der Waals surface area contributed by atoms with Crippen LogP contribution in [0.5, 0.6) is 0 Å². The number of nitrogens with two attached hydrogens (primary N) is 1. The van der Waals surface area contributed by atoms with Crippen LogP contribution in [0.3, 0.4) is 0 Å². The molecule has 1 unspecified atom stereocenters. The van der Waals surface area contributed by atoms with Crippen molar-refractivity contribution in [2.75, 3.05) is 19.6 Å². The molecule has 0 saturated carbocycles. The summed E-state index contributed by atoms with van der Waals surface area (Å²) in [5.41, 5.74) is 8.20. The molecule has 1 heterocycles. The lowest BCUT2D eigenvalue weighted by molar-refractivity contribution is -0.118. The molecular formula is C16H24N2O. The minimum Gasteiger partial charge on any atom is -0.369 e. The molecule has 1 aromatic rings. The number of amides is 1. The molecule has 0 spiro atoms. The van der Waals surface area contributed by atoms with Crippen LogP contribution in [0.2, 0.25) is 0 Å². The molecule has 1 saturated heterocycles. The molecule has 0 radical (unpaired) electrons. The number of benzene rings is 1. The van der Waals surface area contributed by atoms with E-state index in [-0.39, 0.29) is 11.3 Å². The van der Waals surface area contributed by atoms with Crippen LogP contribution in [-0.2, 0) is 10.2 Å². The predicted molar refractivity (Wildman–Crippen MR) is 78.1 cm³/mol. The van der Waals surface area contributed by atoms with Gasteiger partial charge in [0.15, 0.2) is 0 Å². The fraction of sp³-hybridized carbons (Fsp3) is 0.562. The zero-order valence-electron chi connectivity index (χ0n) is 12.1. The molecule has 2 N–H and O–H groups in total. The van der Waals surface area contributed by atoms with Crippen molar-refractivity contribution >= 4 is 5.91 Å². The molecule has 1 aliphatic heterocycles. The second kappa shape index (κ2) is 5.33. The third kappa shape index (κ3) is 3.57. The van der Waals surface area contributed by atoms with Crippen molar-refractivity contribution in [3.05, 3.63) is 35.4 Å². The van der Waals surface area contributed by atoms with Gasteiger partial charge in [-0.05, 0) is 35.4 Å². The van der Waals surface area contributed by atoms with Crippen LogP contribution in [0.4, 0.5) is 0 Å². The summed E-state index contributed by atoms with van der Waals surface area (Å²) < 4.78 is 0. The third-order valence-corrected chi connectivity index (χ3v) is 3.88. The number of likely N-dealkylation sites (tertiary alicyclic amines) is 1. The molecule has 1 aromatic carbocycles. The van der Waals surface area contributed by atoms with Gasteiger partial charge in [0.2, 0.25) is 5.91 Å². The topological polar surface area (TPSA) is 46.3 Å². The number of carbonyl (C=O) groups is 1. The molecule has 0 bridgehead atoms. The Morgan fingerprint density at radius 2 is 2.16 bits per heavy atom. The molecule has 1 amide bonds. The summed E-state index contributed by atoms with van der Waals surface area (Å²) in [5, 5.41) is 0. The van der Waals surface area contributed by atoms with Gasteiger partial charge in [0.25, 0.3) is 0 Å². The highest BCUT2D eigenvalue weighted by atomic mass is 16.1. The van der Waals surface area contributed by atoms with Gasteiger partial charge in [0.1, 0.15) is 0 Å². The molecule has 2 rings (SSSR count). The Hall–Kier alpha value is -1.35. The summed E-state index contributed by atoms with van der Waals surface area (Å²) in [6.45, 7) is 9.00. The lowest BCUT2D eigenvalue weighted by Crippen LogP contribution is -2.31. The first kappa shape index (κ1) is 14.1. The van der Waals surface area contributed by atoms with Crippen LogP contribution in [0.15, 0.2) is 24.3 Å². The van der Waals surface area contributed by atoms with Gasteiger partial charge in [-0.1, -0.05) is 45.0 Å². The zero-order valence-corrected chi connectivity index (χ0v) is 12.1. The second-order valence-electron chi connectivity index (χ2n) is 6.56. The van der Waals surface area contributed by atoms with E-state index in [4.69, 9.17) is 5.73 Å². The van der Waals surface area contributed by atoms with Crippen LogP contribution >= 0.6 is 0 Å². The SMILES string of the molecule is CC(C)(C)c1cccc(C2CCN(CC(N)=O)C2)c1. The van der Waals surface area contributed by atoms with Crippen LogP contribution in [-0.4, -0.2) is 30.4 Å². The Kier molecular flexibility index (Phi) is 3.95. The summed E-state index contributed by atoms with van der Waals surface area (Å²) >= 11 is 0. The number of carbonyl (C=O) groups excluding carboxylic acids is 1. The zero-order chi connectivity index (χ0) is 14.0. The van der Waals surface area contributed by atoms with E-state index in [0.29, 0.717) is 12.5 Å².